The Bertz CT molecular complexity index is 576. The zero-order chi connectivity index (χ0) is 15.2. The maximum Gasteiger partial charge on any atom is 0.163 e. The third kappa shape index (κ3) is 4.42. The van der Waals surface area contributed by atoms with Gasteiger partial charge in [-0.1, -0.05) is 29.8 Å². The average molecular weight is 285 g/mol. The molecule has 0 atom stereocenters. The van der Waals surface area contributed by atoms with Crippen molar-refractivity contribution in [1.82, 2.24) is 0 Å². The summed E-state index contributed by atoms with van der Waals surface area (Å²) in [4.78, 5) is 0. The Morgan fingerprint density at radius 1 is 1.00 bits per heavy atom. The summed E-state index contributed by atoms with van der Waals surface area (Å²) in [5.74, 6) is 1.50. The number of anilines is 1. The van der Waals surface area contributed by atoms with E-state index in [0.29, 0.717) is 12.6 Å². The predicted octanol–water partition coefficient (Wildman–Crippen LogP) is 4.40. The second kappa shape index (κ2) is 7.02. The Morgan fingerprint density at radius 2 is 1.71 bits per heavy atom. The highest BCUT2D eigenvalue weighted by molar-refractivity contribution is 5.55. The minimum atomic E-state index is 0.378. The lowest BCUT2D eigenvalue weighted by Crippen LogP contribution is -2.09. The minimum Gasteiger partial charge on any atom is -0.493 e. The Hall–Kier alpha value is -2.16. The molecule has 0 heterocycles. The van der Waals surface area contributed by atoms with Crippen LogP contribution in [0.4, 0.5) is 5.69 Å². The largest absolute Gasteiger partial charge is 0.493 e. The van der Waals surface area contributed by atoms with Gasteiger partial charge in [0.05, 0.1) is 7.11 Å². The van der Waals surface area contributed by atoms with Crippen molar-refractivity contribution in [2.45, 2.75) is 33.4 Å². The lowest BCUT2D eigenvalue weighted by atomic mass is 10.2. The van der Waals surface area contributed by atoms with E-state index < -0.39 is 0 Å². The number of aryl methyl sites for hydroxylation is 1. The van der Waals surface area contributed by atoms with Crippen molar-refractivity contribution in [3.8, 4) is 11.5 Å². The van der Waals surface area contributed by atoms with Crippen LogP contribution >= 0.6 is 0 Å². The molecule has 0 amide bonds. The molecule has 3 heteroatoms. The summed E-state index contributed by atoms with van der Waals surface area (Å²) < 4.78 is 11.3. The monoisotopic (exact) mass is 285 g/mol. The van der Waals surface area contributed by atoms with Crippen LogP contribution in [-0.4, -0.2) is 13.2 Å². The molecule has 0 aliphatic carbocycles. The molecule has 0 unspecified atom stereocenters. The summed E-state index contributed by atoms with van der Waals surface area (Å²) in [7, 11) is 1.66. The van der Waals surface area contributed by atoms with E-state index in [9.17, 15) is 0 Å². The Balaban J connectivity index is 2.11. The van der Waals surface area contributed by atoms with Crippen LogP contribution in [-0.2, 0) is 6.61 Å². The van der Waals surface area contributed by atoms with E-state index in [1.807, 2.05) is 18.2 Å². The normalized spacial score (nSPS) is 10.5. The lowest BCUT2D eigenvalue weighted by Gasteiger charge is -2.15. The van der Waals surface area contributed by atoms with Gasteiger partial charge >= 0.3 is 0 Å². The summed E-state index contributed by atoms with van der Waals surface area (Å²) in [5.41, 5.74) is 3.43. The van der Waals surface area contributed by atoms with Crippen molar-refractivity contribution in [2.75, 3.05) is 12.4 Å². The van der Waals surface area contributed by atoms with E-state index >= 15 is 0 Å². The first-order valence-corrected chi connectivity index (χ1v) is 7.21. The average Bonchev–Trinajstić information content (AvgIpc) is 2.46. The molecule has 112 valence electrons. The first-order chi connectivity index (χ1) is 10.1. The smallest absolute Gasteiger partial charge is 0.163 e. The van der Waals surface area contributed by atoms with Gasteiger partial charge in [-0.05, 0) is 38.5 Å². The quantitative estimate of drug-likeness (QED) is 0.853. The summed E-state index contributed by atoms with van der Waals surface area (Å²) >= 11 is 0. The number of nitrogens with one attached hydrogen (secondary N) is 1. The fourth-order valence-corrected chi connectivity index (χ4v) is 2.06. The third-order valence-electron chi connectivity index (χ3n) is 3.13. The number of hydrogen-bond acceptors (Lipinski definition) is 3. The van der Waals surface area contributed by atoms with Gasteiger partial charge in [0.25, 0.3) is 0 Å². The summed E-state index contributed by atoms with van der Waals surface area (Å²) in [6.07, 6.45) is 0. The van der Waals surface area contributed by atoms with Gasteiger partial charge in [0.2, 0.25) is 0 Å². The van der Waals surface area contributed by atoms with Crippen LogP contribution in [0, 0.1) is 6.92 Å². The molecule has 0 spiro atoms. The minimum absolute atomic E-state index is 0.378. The molecule has 0 radical (unpaired) electrons. The molecular formula is C18H23NO2. The standard InChI is InChI=1S/C18H23NO2/c1-13(2)19-16-9-10-17(20-4)18(11-16)21-12-15-7-5-14(3)6-8-15/h5-11,13,19H,12H2,1-4H3. The van der Waals surface area contributed by atoms with Gasteiger partial charge in [0.15, 0.2) is 11.5 Å². The van der Waals surface area contributed by atoms with Gasteiger partial charge in [-0.15, -0.1) is 0 Å². The van der Waals surface area contributed by atoms with Gasteiger partial charge < -0.3 is 14.8 Å². The van der Waals surface area contributed by atoms with Gasteiger partial charge in [0.1, 0.15) is 6.61 Å². The molecule has 0 aliphatic heterocycles. The van der Waals surface area contributed by atoms with Crippen LogP contribution in [0.25, 0.3) is 0 Å². The fraction of sp³-hybridized carbons (Fsp3) is 0.333. The molecule has 2 aromatic rings. The van der Waals surface area contributed by atoms with Crippen molar-refractivity contribution in [1.29, 1.82) is 0 Å². The number of hydrogen-bond donors (Lipinski definition) is 1. The van der Waals surface area contributed by atoms with Crippen LogP contribution in [0.15, 0.2) is 42.5 Å². The maximum absolute atomic E-state index is 5.91. The molecule has 0 bridgehead atoms. The highest BCUT2D eigenvalue weighted by Gasteiger charge is 2.07. The molecule has 2 aromatic carbocycles. The molecule has 0 aromatic heterocycles. The molecule has 0 saturated heterocycles. The second-order valence-electron chi connectivity index (χ2n) is 5.44. The maximum atomic E-state index is 5.91. The Morgan fingerprint density at radius 3 is 2.33 bits per heavy atom. The van der Waals surface area contributed by atoms with E-state index in [2.05, 4.69) is 50.4 Å². The first-order valence-electron chi connectivity index (χ1n) is 7.21. The highest BCUT2D eigenvalue weighted by atomic mass is 16.5. The molecule has 1 N–H and O–H groups in total. The second-order valence-corrected chi connectivity index (χ2v) is 5.44. The van der Waals surface area contributed by atoms with E-state index in [1.165, 1.54) is 5.56 Å². The number of benzene rings is 2. The van der Waals surface area contributed by atoms with Crippen LogP contribution < -0.4 is 14.8 Å². The lowest BCUT2D eigenvalue weighted by molar-refractivity contribution is 0.284. The van der Waals surface area contributed by atoms with Crippen LogP contribution in [0.2, 0.25) is 0 Å². The van der Waals surface area contributed by atoms with Gasteiger partial charge in [-0.25, -0.2) is 0 Å². The fourth-order valence-electron chi connectivity index (χ4n) is 2.06. The first kappa shape index (κ1) is 15.2. The Labute approximate surface area is 126 Å². The molecule has 3 nitrogen and oxygen atoms in total. The number of methoxy groups -OCH3 is 1. The predicted molar refractivity (Wildman–Crippen MR) is 87.3 cm³/mol. The molecule has 0 fully saturated rings. The van der Waals surface area contributed by atoms with Crippen molar-refractivity contribution in [2.24, 2.45) is 0 Å². The number of ether oxygens (including phenoxy) is 2. The SMILES string of the molecule is COc1ccc(NC(C)C)cc1OCc1ccc(C)cc1. The van der Waals surface area contributed by atoms with E-state index in [1.54, 1.807) is 7.11 Å². The van der Waals surface area contributed by atoms with E-state index in [0.717, 1.165) is 22.7 Å². The van der Waals surface area contributed by atoms with E-state index in [-0.39, 0.29) is 0 Å². The summed E-state index contributed by atoms with van der Waals surface area (Å²) in [6.45, 7) is 6.82. The van der Waals surface area contributed by atoms with Gasteiger partial charge in [0, 0.05) is 17.8 Å². The van der Waals surface area contributed by atoms with E-state index in [4.69, 9.17) is 9.47 Å². The van der Waals surface area contributed by atoms with Crippen molar-refractivity contribution in [3.63, 3.8) is 0 Å². The van der Waals surface area contributed by atoms with Gasteiger partial charge in [-0.3, -0.25) is 0 Å². The molecule has 2 rings (SSSR count). The van der Waals surface area contributed by atoms with Crippen LogP contribution in [0.3, 0.4) is 0 Å². The van der Waals surface area contributed by atoms with Crippen molar-refractivity contribution in [3.05, 3.63) is 53.6 Å². The van der Waals surface area contributed by atoms with Crippen molar-refractivity contribution >= 4 is 5.69 Å². The molecule has 0 saturated carbocycles. The molecular weight excluding hydrogens is 262 g/mol. The third-order valence-corrected chi connectivity index (χ3v) is 3.13. The summed E-state index contributed by atoms with van der Waals surface area (Å²) in [5, 5.41) is 3.37. The topological polar surface area (TPSA) is 30.5 Å². The Kier molecular flexibility index (Phi) is 5.09. The number of rotatable bonds is 6. The van der Waals surface area contributed by atoms with Crippen LogP contribution in [0.5, 0.6) is 11.5 Å². The van der Waals surface area contributed by atoms with Crippen molar-refractivity contribution < 1.29 is 9.47 Å². The molecule has 21 heavy (non-hydrogen) atoms. The summed E-state index contributed by atoms with van der Waals surface area (Å²) in [6, 6.07) is 14.6. The highest BCUT2D eigenvalue weighted by Crippen LogP contribution is 2.31. The van der Waals surface area contributed by atoms with Crippen LogP contribution in [0.1, 0.15) is 25.0 Å². The van der Waals surface area contributed by atoms with Gasteiger partial charge in [-0.2, -0.15) is 0 Å². The zero-order valence-corrected chi connectivity index (χ0v) is 13.1. The molecule has 0 aliphatic rings. The zero-order valence-electron chi connectivity index (χ0n) is 13.1.